The molecular weight excluding hydrogens is 486 g/mol. The summed E-state index contributed by atoms with van der Waals surface area (Å²) < 4.78 is 49.1. The van der Waals surface area contributed by atoms with E-state index in [1.54, 1.807) is 48.5 Å². The number of methoxy groups -OCH3 is 2. The molecule has 0 bridgehead atoms. The highest BCUT2D eigenvalue weighted by Crippen LogP contribution is 2.40. The molecular formula is C26H33NO8S. The van der Waals surface area contributed by atoms with Gasteiger partial charge in [0.1, 0.15) is 11.5 Å². The monoisotopic (exact) mass is 519 g/mol. The Labute approximate surface area is 212 Å². The number of nitrogens with one attached hydrogen (secondary N) is 1. The van der Waals surface area contributed by atoms with Crippen LogP contribution in [-0.4, -0.2) is 58.3 Å². The molecule has 2 aromatic carbocycles. The molecule has 4 atom stereocenters. The lowest BCUT2D eigenvalue weighted by molar-refractivity contribution is -0.145. The third kappa shape index (κ3) is 5.82. The van der Waals surface area contributed by atoms with E-state index >= 15 is 0 Å². The van der Waals surface area contributed by atoms with Gasteiger partial charge in [0.05, 0.1) is 39.5 Å². The first-order valence-electron chi connectivity index (χ1n) is 11.9. The lowest BCUT2D eigenvalue weighted by Gasteiger charge is -2.40. The van der Waals surface area contributed by atoms with Gasteiger partial charge < -0.3 is 18.9 Å². The van der Waals surface area contributed by atoms with Crippen molar-refractivity contribution in [3.63, 3.8) is 0 Å². The number of benzene rings is 2. The molecule has 196 valence electrons. The van der Waals surface area contributed by atoms with Crippen molar-refractivity contribution >= 4 is 21.8 Å². The lowest BCUT2D eigenvalue weighted by Crippen LogP contribution is -2.59. The first kappa shape index (κ1) is 27.5. The summed E-state index contributed by atoms with van der Waals surface area (Å²) in [6.07, 6.45) is 1.05. The molecule has 0 amide bonds. The van der Waals surface area contributed by atoms with Gasteiger partial charge in [0.2, 0.25) is 0 Å². The molecule has 2 aromatic rings. The number of hydrogen-bond donors (Lipinski definition) is 1. The summed E-state index contributed by atoms with van der Waals surface area (Å²) in [6.45, 7) is 3.75. The Hall–Kier alpha value is -3.11. The van der Waals surface area contributed by atoms with Crippen LogP contribution >= 0.6 is 0 Å². The van der Waals surface area contributed by atoms with Crippen LogP contribution in [-0.2, 0) is 28.9 Å². The van der Waals surface area contributed by atoms with Crippen LogP contribution < -0.4 is 14.8 Å². The van der Waals surface area contributed by atoms with Crippen LogP contribution in [0.25, 0.3) is 0 Å². The van der Waals surface area contributed by atoms with Crippen LogP contribution in [0.5, 0.6) is 11.5 Å². The summed E-state index contributed by atoms with van der Waals surface area (Å²) in [4.78, 5) is 26.3. The molecule has 36 heavy (non-hydrogen) atoms. The zero-order chi connectivity index (χ0) is 26.3. The van der Waals surface area contributed by atoms with Gasteiger partial charge in [0.15, 0.2) is 20.3 Å². The van der Waals surface area contributed by atoms with Crippen molar-refractivity contribution in [3.05, 3.63) is 59.7 Å². The minimum absolute atomic E-state index is 0.0625. The number of carbonyl (C=O) groups excluding carboxylic acids is 2. The van der Waals surface area contributed by atoms with Crippen molar-refractivity contribution in [2.24, 2.45) is 0 Å². The van der Waals surface area contributed by atoms with Gasteiger partial charge in [-0.2, -0.15) is 0 Å². The molecule has 0 saturated carbocycles. The molecule has 0 spiro atoms. The second-order valence-electron chi connectivity index (χ2n) is 8.43. The molecule has 0 unspecified atom stereocenters. The zero-order valence-corrected chi connectivity index (χ0v) is 21.7. The van der Waals surface area contributed by atoms with E-state index < -0.39 is 44.4 Å². The number of carbonyl (C=O) groups is 2. The maximum absolute atomic E-state index is 14.0. The highest BCUT2D eigenvalue weighted by molar-refractivity contribution is 7.94. The van der Waals surface area contributed by atoms with E-state index in [1.165, 1.54) is 14.2 Å². The number of hydrogen-bond acceptors (Lipinski definition) is 9. The van der Waals surface area contributed by atoms with Crippen molar-refractivity contribution in [2.75, 3.05) is 27.4 Å². The Kier molecular flexibility index (Phi) is 9.33. The second kappa shape index (κ2) is 12.2. The van der Waals surface area contributed by atoms with Gasteiger partial charge in [0.25, 0.3) is 0 Å². The van der Waals surface area contributed by atoms with Gasteiger partial charge in [-0.1, -0.05) is 38.1 Å². The molecule has 1 aliphatic heterocycles. The highest BCUT2D eigenvalue weighted by Gasteiger charge is 2.57. The molecule has 0 aliphatic carbocycles. The Morgan fingerprint density at radius 3 is 1.39 bits per heavy atom. The van der Waals surface area contributed by atoms with Crippen LogP contribution in [0.1, 0.15) is 49.9 Å². The number of sulfone groups is 1. The summed E-state index contributed by atoms with van der Waals surface area (Å²) in [5.41, 5.74) is 1.08. The van der Waals surface area contributed by atoms with Crippen LogP contribution in [0.4, 0.5) is 0 Å². The maximum atomic E-state index is 14.0. The molecule has 1 fully saturated rings. The maximum Gasteiger partial charge on any atom is 0.326 e. The van der Waals surface area contributed by atoms with Crippen LogP contribution in [0.2, 0.25) is 0 Å². The lowest BCUT2D eigenvalue weighted by atomic mass is 9.96. The quantitative estimate of drug-likeness (QED) is 0.472. The van der Waals surface area contributed by atoms with Crippen molar-refractivity contribution in [1.29, 1.82) is 0 Å². The number of esters is 2. The molecule has 9 nitrogen and oxygen atoms in total. The van der Waals surface area contributed by atoms with Crippen molar-refractivity contribution < 1.29 is 37.0 Å². The minimum Gasteiger partial charge on any atom is -0.497 e. The van der Waals surface area contributed by atoms with Crippen molar-refractivity contribution in [3.8, 4) is 11.5 Å². The standard InChI is InChI=1S/C26H33NO8S/c1-5-15-34-25(28)23-21(17-7-11-19(32-3)12-8-17)27-22(18-9-13-20(33-4)14-10-18)24(36(23,30)31)26(29)35-16-6-2/h7-14,21-24,27H,5-6,15-16H2,1-4H3/t21-,22+,23-,24+. The smallest absolute Gasteiger partial charge is 0.326 e. The highest BCUT2D eigenvalue weighted by atomic mass is 32.2. The van der Waals surface area contributed by atoms with Gasteiger partial charge in [-0.3, -0.25) is 14.9 Å². The molecule has 0 radical (unpaired) electrons. The van der Waals surface area contributed by atoms with E-state index in [4.69, 9.17) is 18.9 Å². The molecule has 1 aliphatic rings. The van der Waals surface area contributed by atoms with Gasteiger partial charge in [0, 0.05) is 0 Å². The van der Waals surface area contributed by atoms with Crippen LogP contribution in [0.3, 0.4) is 0 Å². The first-order chi connectivity index (χ1) is 17.3. The van der Waals surface area contributed by atoms with E-state index in [9.17, 15) is 18.0 Å². The van der Waals surface area contributed by atoms with Gasteiger partial charge in [-0.15, -0.1) is 0 Å². The van der Waals surface area contributed by atoms with Crippen LogP contribution in [0, 0.1) is 0 Å². The van der Waals surface area contributed by atoms with E-state index in [1.807, 2.05) is 13.8 Å². The van der Waals surface area contributed by atoms with Crippen molar-refractivity contribution in [2.45, 2.75) is 49.3 Å². The fourth-order valence-corrected chi connectivity index (χ4v) is 6.40. The fraction of sp³-hybridized carbons (Fsp3) is 0.462. The average molecular weight is 520 g/mol. The third-order valence-electron chi connectivity index (χ3n) is 5.98. The van der Waals surface area contributed by atoms with Gasteiger partial charge in [-0.05, 0) is 48.2 Å². The van der Waals surface area contributed by atoms with E-state index in [0.717, 1.165) is 0 Å². The average Bonchev–Trinajstić information content (AvgIpc) is 2.89. The zero-order valence-electron chi connectivity index (χ0n) is 20.9. The first-order valence-corrected chi connectivity index (χ1v) is 13.5. The van der Waals surface area contributed by atoms with Gasteiger partial charge in [-0.25, -0.2) is 8.42 Å². The molecule has 1 heterocycles. The normalized spacial score (nSPS) is 22.9. The minimum atomic E-state index is -4.42. The van der Waals surface area contributed by atoms with E-state index in [2.05, 4.69) is 5.32 Å². The van der Waals surface area contributed by atoms with E-state index in [0.29, 0.717) is 35.5 Å². The van der Waals surface area contributed by atoms with Gasteiger partial charge >= 0.3 is 11.9 Å². The predicted molar refractivity (Wildman–Crippen MR) is 134 cm³/mol. The molecule has 10 heteroatoms. The Bertz CT molecular complexity index is 1050. The number of rotatable bonds is 10. The second-order valence-corrected chi connectivity index (χ2v) is 10.6. The summed E-state index contributed by atoms with van der Waals surface area (Å²) in [7, 11) is -1.38. The molecule has 0 aromatic heterocycles. The summed E-state index contributed by atoms with van der Waals surface area (Å²) in [5, 5.41) is -0.0252. The third-order valence-corrected chi connectivity index (χ3v) is 8.33. The fourth-order valence-electron chi connectivity index (χ4n) is 4.18. The summed E-state index contributed by atoms with van der Waals surface area (Å²) in [5.74, 6) is -0.663. The summed E-state index contributed by atoms with van der Waals surface area (Å²) >= 11 is 0. The van der Waals surface area contributed by atoms with Crippen molar-refractivity contribution in [1.82, 2.24) is 5.32 Å². The Morgan fingerprint density at radius 2 is 1.08 bits per heavy atom. The number of ether oxygens (including phenoxy) is 4. The van der Waals surface area contributed by atoms with Crippen LogP contribution in [0.15, 0.2) is 48.5 Å². The van der Waals surface area contributed by atoms with E-state index in [-0.39, 0.29) is 13.2 Å². The molecule has 3 rings (SSSR count). The Morgan fingerprint density at radius 1 is 0.722 bits per heavy atom. The molecule has 1 N–H and O–H groups in total. The Balaban J connectivity index is 2.15. The summed E-state index contributed by atoms with van der Waals surface area (Å²) in [6, 6.07) is 11.5. The molecule has 1 saturated heterocycles. The topological polar surface area (TPSA) is 117 Å². The predicted octanol–water partition coefficient (Wildman–Crippen LogP) is 3.15. The largest absolute Gasteiger partial charge is 0.497 e. The SMILES string of the molecule is CCCOC(=O)[C@@H]1[C@H](c2ccc(OC)cc2)N[C@H](c2ccc(OC)cc2)[C@H](C(=O)OCCC)S1(=O)=O.